The minimum absolute atomic E-state index is 0.254. The fourth-order valence-electron chi connectivity index (χ4n) is 10.6. The molecule has 9 heteroatoms. The molecule has 0 aliphatic heterocycles. The highest BCUT2D eigenvalue weighted by Crippen LogP contribution is 2.49. The van der Waals surface area contributed by atoms with Gasteiger partial charge in [0.05, 0.1) is 50.4 Å². The number of benzene rings is 4. The summed E-state index contributed by atoms with van der Waals surface area (Å²) in [6.45, 7) is 15.9. The van der Waals surface area contributed by atoms with Gasteiger partial charge >= 0.3 is 0 Å². The zero-order chi connectivity index (χ0) is 50.8. The van der Waals surface area contributed by atoms with Crippen LogP contribution in [0.5, 0.6) is 34.5 Å². The monoisotopic (exact) mass is 985 g/mol. The van der Waals surface area contributed by atoms with Gasteiger partial charge in [-0.1, -0.05) is 157 Å². The number of fused-ring (bicyclic) bond motifs is 12. The van der Waals surface area contributed by atoms with Crippen molar-refractivity contribution in [2.24, 2.45) is 0 Å². The van der Waals surface area contributed by atoms with Gasteiger partial charge in [0.25, 0.3) is 0 Å². The van der Waals surface area contributed by atoms with Crippen LogP contribution >= 0.6 is 0 Å². The molecule has 7 aromatic carbocycles. The van der Waals surface area contributed by atoms with Crippen LogP contribution < -0.4 is 44.7 Å². The number of ether oxygens (including phenoxy) is 6. The first-order valence-electron chi connectivity index (χ1n) is 28.5. The van der Waals surface area contributed by atoms with E-state index in [0.29, 0.717) is 139 Å². The van der Waals surface area contributed by atoms with Crippen molar-refractivity contribution < 1.29 is 28.4 Å². The zero-order valence-corrected chi connectivity index (χ0v) is 44.9. The van der Waals surface area contributed by atoms with E-state index in [0.717, 1.165) is 154 Å². The van der Waals surface area contributed by atoms with Crippen molar-refractivity contribution in [1.82, 2.24) is 0 Å². The lowest BCUT2D eigenvalue weighted by Gasteiger charge is -2.14. The molecule has 0 saturated carbocycles. The Balaban J connectivity index is 1.56. The van der Waals surface area contributed by atoms with Gasteiger partial charge in [0.2, 0.25) is 0 Å². The molecule has 72 heavy (non-hydrogen) atoms. The number of hydrogen-bond donors (Lipinski definition) is 0. The van der Waals surface area contributed by atoms with E-state index in [2.05, 4.69) is 41.5 Å². The molecule has 0 aliphatic rings. The van der Waals surface area contributed by atoms with E-state index < -0.39 is 0 Å². The molecular formula is C63H84O9. The molecule has 0 unspecified atom stereocenters. The van der Waals surface area contributed by atoms with Crippen LogP contribution in [0, 0.1) is 0 Å². The number of hydrogen-bond acceptors (Lipinski definition) is 9. The predicted octanol–water partition coefficient (Wildman–Crippen LogP) is 16.8. The molecule has 0 amide bonds. The van der Waals surface area contributed by atoms with Crippen molar-refractivity contribution in [2.45, 2.75) is 196 Å². The molecule has 9 nitrogen and oxygen atoms in total. The van der Waals surface area contributed by atoms with Crippen LogP contribution in [0.25, 0.3) is 64.6 Å². The third kappa shape index (κ3) is 12.2. The lowest BCUT2D eigenvalue weighted by molar-refractivity contribution is 0.259. The van der Waals surface area contributed by atoms with E-state index in [9.17, 15) is 0 Å². The second kappa shape index (κ2) is 27.7. The minimum Gasteiger partial charge on any atom is -0.490 e. The van der Waals surface area contributed by atoms with Crippen LogP contribution in [0.1, 0.15) is 196 Å². The lowest BCUT2D eigenvalue weighted by atomic mass is 9.99. The Kier molecular flexibility index (Phi) is 20.9. The maximum Gasteiger partial charge on any atom is 0.198 e. The lowest BCUT2D eigenvalue weighted by Crippen LogP contribution is -2.06. The quantitative estimate of drug-likeness (QED) is 0.0355. The van der Waals surface area contributed by atoms with Crippen molar-refractivity contribution in [3.63, 3.8) is 0 Å². The van der Waals surface area contributed by atoms with Gasteiger partial charge in [0, 0.05) is 37.7 Å². The number of unbranched alkanes of at least 4 members (excludes halogenated alkanes) is 18. The molecule has 0 atom stereocenters. The molecule has 0 radical (unpaired) electrons. The summed E-state index contributed by atoms with van der Waals surface area (Å²) >= 11 is 0. The van der Waals surface area contributed by atoms with Crippen molar-refractivity contribution in [3.05, 3.63) is 67.1 Å². The van der Waals surface area contributed by atoms with Gasteiger partial charge in [0.1, 0.15) is 0 Å². The standard InChI is InChI=1S/C63H84O9/c1-7-13-19-25-35-67-47-33-31-43-51-56-53(45-41-49(69-37-27-21-15-9-3)50(42-46(45)59(56)64)70-38-28-22-16-10-4)58-52(57(51)60(65)54(43)62(47)71-39-29-23-17-11-5)44-32-34-48(68-36-26-20-14-8-2)63(55(44)61(58)66)72-40-30-24-18-12-6/h31-34,41-42H,7-30,35-40H2,1-6H3. The van der Waals surface area contributed by atoms with Crippen molar-refractivity contribution in [1.29, 1.82) is 0 Å². The Labute approximate surface area is 428 Å². The summed E-state index contributed by atoms with van der Waals surface area (Å²) in [5.41, 5.74) is -0.824. The van der Waals surface area contributed by atoms with Gasteiger partial charge in [0.15, 0.2) is 50.8 Å². The highest BCUT2D eigenvalue weighted by atomic mass is 16.5. The molecule has 390 valence electrons. The van der Waals surface area contributed by atoms with Gasteiger partial charge in [-0.2, -0.15) is 0 Å². The van der Waals surface area contributed by atoms with Crippen LogP contribution in [0.3, 0.4) is 0 Å². The molecular weight excluding hydrogens is 901 g/mol. The molecule has 0 aliphatic carbocycles. The Bertz CT molecular complexity index is 2960. The Morgan fingerprint density at radius 1 is 0.264 bits per heavy atom. The smallest absolute Gasteiger partial charge is 0.198 e. The van der Waals surface area contributed by atoms with E-state index in [1.165, 1.54) is 0 Å². The van der Waals surface area contributed by atoms with E-state index in [4.69, 9.17) is 28.4 Å². The van der Waals surface area contributed by atoms with Gasteiger partial charge < -0.3 is 28.4 Å². The molecule has 0 heterocycles. The number of rotatable bonds is 36. The Morgan fingerprint density at radius 3 is 0.903 bits per heavy atom. The average molecular weight is 985 g/mol. The van der Waals surface area contributed by atoms with Crippen LogP contribution in [0.4, 0.5) is 0 Å². The molecule has 0 saturated heterocycles. The second-order valence-corrected chi connectivity index (χ2v) is 20.2. The van der Waals surface area contributed by atoms with E-state index in [1.54, 1.807) is 0 Å². The van der Waals surface area contributed by atoms with E-state index in [1.807, 2.05) is 36.4 Å². The Hall–Kier alpha value is -5.31. The highest BCUT2D eigenvalue weighted by Gasteiger charge is 2.31. The average Bonchev–Trinajstić information content (AvgIpc) is 3.96. The van der Waals surface area contributed by atoms with E-state index in [-0.39, 0.29) is 16.3 Å². The van der Waals surface area contributed by atoms with Gasteiger partial charge in [-0.3, -0.25) is 14.4 Å². The van der Waals surface area contributed by atoms with Crippen molar-refractivity contribution in [2.75, 3.05) is 39.6 Å². The molecule has 0 N–H and O–H groups in total. The summed E-state index contributed by atoms with van der Waals surface area (Å²) < 4.78 is 39.4. The highest BCUT2D eigenvalue weighted by molar-refractivity contribution is 6.43. The first kappa shape index (κ1) is 54.5. The third-order valence-corrected chi connectivity index (χ3v) is 14.5. The minimum atomic E-state index is -0.287. The summed E-state index contributed by atoms with van der Waals surface area (Å²) in [5, 5.41) is 5.56. The van der Waals surface area contributed by atoms with Crippen LogP contribution in [-0.2, 0) is 0 Å². The first-order valence-corrected chi connectivity index (χ1v) is 28.5. The SMILES string of the molecule is CCCCCCOc1cc2c(=O)c3c(c2cc1OCCCCCC)c1c(=O)c2c(OCCCCCC)c(OCCCCCC)ccc2c1c1c(=O)c2c(OCCCCCC)c(OCCCCCC)ccc2c31. The summed E-state index contributed by atoms with van der Waals surface area (Å²) in [5.74, 6) is 2.89. The van der Waals surface area contributed by atoms with Gasteiger partial charge in [-0.05, 0) is 91.1 Å². The molecule has 0 spiro atoms. The maximum atomic E-state index is 15.8. The third-order valence-electron chi connectivity index (χ3n) is 14.5. The molecule has 0 fully saturated rings. The first-order chi connectivity index (χ1) is 35.4. The molecule has 0 bridgehead atoms. The Morgan fingerprint density at radius 2 is 0.556 bits per heavy atom. The van der Waals surface area contributed by atoms with Gasteiger partial charge in [-0.15, -0.1) is 0 Å². The summed E-state index contributed by atoms with van der Waals surface area (Å²) in [6, 6.07) is 11.4. The molecule has 0 aromatic heterocycles. The predicted molar refractivity (Wildman–Crippen MR) is 302 cm³/mol. The van der Waals surface area contributed by atoms with Crippen molar-refractivity contribution >= 4 is 64.6 Å². The fraction of sp³-hybridized carbons (Fsp3) is 0.571. The summed E-state index contributed by atoms with van der Waals surface area (Å²) in [4.78, 5) is 47.1. The van der Waals surface area contributed by atoms with Crippen LogP contribution in [0.15, 0.2) is 50.8 Å². The summed E-state index contributed by atoms with van der Waals surface area (Å²) in [6.07, 6.45) is 24.6. The molecule has 7 rings (SSSR count). The maximum absolute atomic E-state index is 15.8. The van der Waals surface area contributed by atoms with Crippen LogP contribution in [-0.4, -0.2) is 39.6 Å². The largest absolute Gasteiger partial charge is 0.490 e. The topological polar surface area (TPSA) is 107 Å². The second-order valence-electron chi connectivity index (χ2n) is 20.2. The van der Waals surface area contributed by atoms with Crippen LogP contribution in [0.2, 0.25) is 0 Å². The summed E-state index contributed by atoms with van der Waals surface area (Å²) in [7, 11) is 0. The molecule has 7 aromatic rings. The van der Waals surface area contributed by atoms with E-state index >= 15 is 14.4 Å². The fourth-order valence-corrected chi connectivity index (χ4v) is 10.6. The van der Waals surface area contributed by atoms with Crippen molar-refractivity contribution in [3.8, 4) is 34.5 Å². The zero-order valence-electron chi connectivity index (χ0n) is 44.9. The normalized spacial score (nSPS) is 11.9. The van der Waals surface area contributed by atoms with Gasteiger partial charge in [-0.25, -0.2) is 0 Å².